The number of amides is 1. The molecule has 1 aliphatic rings. The summed E-state index contributed by atoms with van der Waals surface area (Å²) in [5.41, 5.74) is 1.47. The molecule has 5 aromatic carbocycles. The Morgan fingerprint density at radius 3 is 1.93 bits per heavy atom. The van der Waals surface area contributed by atoms with Gasteiger partial charge in [0.25, 0.3) is 0 Å². The van der Waals surface area contributed by atoms with Crippen LogP contribution in [-0.4, -0.2) is 40.3 Å². The molecular weight excluding hydrogens is 727 g/mol. The van der Waals surface area contributed by atoms with E-state index in [9.17, 15) is 19.5 Å². The number of likely N-dealkylation sites (tertiary alicyclic amines) is 1. The number of carbonyl (C=O) groups is 2. The second-order valence-electron chi connectivity index (χ2n) is 14.6. The van der Waals surface area contributed by atoms with Gasteiger partial charge in [-0.2, -0.15) is 0 Å². The lowest BCUT2D eigenvalue weighted by molar-refractivity contribution is -0.139. The van der Waals surface area contributed by atoms with Crippen LogP contribution in [0, 0.1) is 0 Å². The molecule has 292 valence electrons. The average molecular weight is 770 g/mol. The molecule has 7 rings (SSSR count). The number of hydrogen-bond donors (Lipinski definition) is 1. The maximum absolute atomic E-state index is 14.4. The lowest BCUT2D eigenvalue weighted by Crippen LogP contribution is -2.45. The number of phenolic OH excluding ortho intramolecular Hbond substituents is 1. The van der Waals surface area contributed by atoms with Gasteiger partial charge in [-0.25, -0.2) is 9.59 Å². The highest BCUT2D eigenvalue weighted by atomic mass is 16.6. The minimum absolute atomic E-state index is 0.00901. The van der Waals surface area contributed by atoms with Crippen molar-refractivity contribution in [2.45, 2.75) is 65.1 Å². The molecule has 1 aromatic heterocycles. The van der Waals surface area contributed by atoms with E-state index in [1.165, 1.54) is 17.0 Å². The number of esters is 1. The molecule has 57 heavy (non-hydrogen) atoms. The maximum atomic E-state index is 14.4. The molecule has 0 spiro atoms. The lowest BCUT2D eigenvalue weighted by atomic mass is 10.1. The lowest BCUT2D eigenvalue weighted by Gasteiger charge is -2.27. The first kappa shape index (κ1) is 38.5. The van der Waals surface area contributed by atoms with Crippen molar-refractivity contribution in [3.05, 3.63) is 148 Å². The molecule has 1 atom stereocenters. The average Bonchev–Trinajstić information content (AvgIpc) is 3.71. The molecule has 0 radical (unpaired) electrons. The van der Waals surface area contributed by atoms with Crippen LogP contribution in [0.1, 0.15) is 50.3 Å². The predicted octanol–water partition coefficient (Wildman–Crippen LogP) is 9.21. The highest BCUT2D eigenvalue weighted by Crippen LogP contribution is 2.40. The fourth-order valence-corrected chi connectivity index (χ4v) is 6.44. The number of ether oxygens (including phenoxy) is 5. The molecule has 1 aliphatic heterocycles. The number of benzene rings is 5. The number of aromatic hydroxyl groups is 1. The van der Waals surface area contributed by atoms with Gasteiger partial charge in [0.1, 0.15) is 53.9 Å². The van der Waals surface area contributed by atoms with Crippen LogP contribution >= 0.6 is 0 Å². The predicted molar refractivity (Wildman–Crippen MR) is 214 cm³/mol. The third kappa shape index (κ3) is 9.38. The van der Waals surface area contributed by atoms with E-state index in [0.717, 1.165) is 16.7 Å². The van der Waals surface area contributed by atoms with Crippen LogP contribution in [0.25, 0.3) is 22.3 Å². The van der Waals surface area contributed by atoms with Crippen LogP contribution in [-0.2, 0) is 29.4 Å². The fraction of sp³-hybridized carbons (Fsp3) is 0.239. The van der Waals surface area contributed by atoms with Gasteiger partial charge in [0.2, 0.25) is 11.2 Å². The highest BCUT2D eigenvalue weighted by molar-refractivity contribution is 5.91. The second-order valence-corrected chi connectivity index (χ2v) is 14.6. The van der Waals surface area contributed by atoms with E-state index < -0.39 is 40.6 Å². The third-order valence-electron chi connectivity index (χ3n) is 9.19. The van der Waals surface area contributed by atoms with Crippen molar-refractivity contribution in [1.82, 2.24) is 4.90 Å². The monoisotopic (exact) mass is 769 g/mol. The van der Waals surface area contributed by atoms with E-state index in [2.05, 4.69) is 0 Å². The summed E-state index contributed by atoms with van der Waals surface area (Å²) in [6.07, 6.45) is 0.154. The Kier molecular flexibility index (Phi) is 11.5. The van der Waals surface area contributed by atoms with Crippen LogP contribution in [0.5, 0.6) is 28.7 Å². The minimum Gasteiger partial charge on any atom is -0.507 e. The fourth-order valence-electron chi connectivity index (χ4n) is 6.44. The van der Waals surface area contributed by atoms with Gasteiger partial charge in [0, 0.05) is 24.2 Å². The summed E-state index contributed by atoms with van der Waals surface area (Å²) in [4.78, 5) is 42.8. The minimum atomic E-state index is -1.02. The molecule has 1 amide bonds. The van der Waals surface area contributed by atoms with E-state index in [1.54, 1.807) is 39.0 Å². The molecule has 11 heteroatoms. The van der Waals surface area contributed by atoms with Gasteiger partial charge in [-0.1, -0.05) is 91.0 Å². The Labute approximate surface area is 329 Å². The van der Waals surface area contributed by atoms with Crippen LogP contribution in [0.3, 0.4) is 0 Å². The summed E-state index contributed by atoms with van der Waals surface area (Å²) < 4.78 is 36.4. The molecule has 6 aromatic rings. The first-order valence-electron chi connectivity index (χ1n) is 18.7. The molecule has 0 bridgehead atoms. The van der Waals surface area contributed by atoms with E-state index in [-0.39, 0.29) is 48.8 Å². The van der Waals surface area contributed by atoms with Gasteiger partial charge < -0.3 is 33.2 Å². The topological polar surface area (TPSA) is 134 Å². The van der Waals surface area contributed by atoms with Crippen molar-refractivity contribution in [2.24, 2.45) is 0 Å². The zero-order valence-electron chi connectivity index (χ0n) is 31.9. The molecule has 1 fully saturated rings. The Hall–Kier alpha value is -6.75. The first-order chi connectivity index (χ1) is 27.5. The SMILES string of the molecule is CC(C)(C)OC(=O)N1CCC[C@H]1C(=O)Oc1c(-c2ccc(OCc3ccccc3)c(OCc3ccccc3)c2)oc2cc(OCc3ccccc3)cc(O)c2c1=O. The first-order valence-corrected chi connectivity index (χ1v) is 18.7. The van der Waals surface area contributed by atoms with Crippen molar-refractivity contribution in [1.29, 1.82) is 0 Å². The van der Waals surface area contributed by atoms with Crippen molar-refractivity contribution in [3.8, 4) is 40.1 Å². The molecule has 1 N–H and O–H groups in total. The summed E-state index contributed by atoms with van der Waals surface area (Å²) >= 11 is 0. The van der Waals surface area contributed by atoms with E-state index in [1.807, 2.05) is 91.0 Å². The molecule has 1 saturated heterocycles. The van der Waals surface area contributed by atoms with Crippen molar-refractivity contribution in [2.75, 3.05) is 6.54 Å². The van der Waals surface area contributed by atoms with E-state index in [4.69, 9.17) is 28.1 Å². The van der Waals surface area contributed by atoms with Crippen LogP contribution in [0.15, 0.2) is 131 Å². The zero-order chi connectivity index (χ0) is 39.9. The van der Waals surface area contributed by atoms with Crippen LogP contribution in [0.2, 0.25) is 0 Å². The molecular formula is C46H43NO10. The molecule has 2 heterocycles. The Morgan fingerprint density at radius 1 is 0.754 bits per heavy atom. The summed E-state index contributed by atoms with van der Waals surface area (Å²) in [5.74, 6) is -0.850. The number of fused-ring (bicyclic) bond motifs is 1. The Balaban J connectivity index is 1.30. The van der Waals surface area contributed by atoms with E-state index >= 15 is 0 Å². The number of carbonyl (C=O) groups excluding carboxylic acids is 2. The second kappa shape index (κ2) is 16.9. The van der Waals surface area contributed by atoms with Gasteiger partial charge in [0.05, 0.1) is 0 Å². The highest BCUT2D eigenvalue weighted by Gasteiger charge is 2.39. The molecule has 0 saturated carbocycles. The van der Waals surface area contributed by atoms with Gasteiger partial charge in [-0.15, -0.1) is 0 Å². The summed E-state index contributed by atoms with van der Waals surface area (Å²) in [5, 5.41) is 11.0. The van der Waals surface area contributed by atoms with Gasteiger partial charge >= 0.3 is 12.1 Å². The number of nitrogens with zero attached hydrogens (tertiary/aromatic N) is 1. The van der Waals surface area contributed by atoms with Crippen LogP contribution < -0.4 is 24.4 Å². The molecule has 11 nitrogen and oxygen atoms in total. The Morgan fingerprint density at radius 2 is 1.33 bits per heavy atom. The van der Waals surface area contributed by atoms with Gasteiger partial charge in [-0.3, -0.25) is 9.69 Å². The summed E-state index contributed by atoms with van der Waals surface area (Å²) in [6.45, 7) is 6.14. The molecule has 0 aliphatic carbocycles. The Bertz CT molecular complexity index is 2410. The van der Waals surface area contributed by atoms with Gasteiger partial charge in [-0.05, 0) is 68.5 Å². The number of rotatable bonds is 12. The standard InChI is InChI=1S/C46H43NO10/c1-46(2,3)57-45(51)47-23-13-20-35(47)44(50)56-43-41(49)40-36(48)25-34(52-27-30-14-7-4-8-15-30)26-39(40)55-42(43)33-21-22-37(53-28-31-16-9-5-10-17-31)38(24-33)54-29-32-18-11-6-12-19-32/h4-12,14-19,21-22,24-26,35,48H,13,20,23,27-29H2,1-3H3/t35-/m0/s1. The van der Waals surface area contributed by atoms with Gasteiger partial charge in [0.15, 0.2) is 17.3 Å². The van der Waals surface area contributed by atoms with Crippen LogP contribution in [0.4, 0.5) is 4.79 Å². The van der Waals surface area contributed by atoms with Crippen molar-refractivity contribution < 1.29 is 42.8 Å². The summed E-state index contributed by atoms with van der Waals surface area (Å²) in [7, 11) is 0. The van der Waals surface area contributed by atoms with Crippen molar-refractivity contribution >= 4 is 23.0 Å². The smallest absolute Gasteiger partial charge is 0.411 e. The zero-order valence-corrected chi connectivity index (χ0v) is 31.9. The third-order valence-corrected chi connectivity index (χ3v) is 9.19. The van der Waals surface area contributed by atoms with E-state index in [0.29, 0.717) is 29.9 Å². The molecule has 0 unspecified atom stereocenters. The van der Waals surface area contributed by atoms with Crippen molar-refractivity contribution in [3.63, 3.8) is 0 Å². The summed E-state index contributed by atoms with van der Waals surface area (Å²) in [6, 6.07) is 35.5. The maximum Gasteiger partial charge on any atom is 0.411 e. The number of hydrogen-bond acceptors (Lipinski definition) is 10. The number of phenols is 1. The quantitative estimate of drug-likeness (QED) is 0.120. The largest absolute Gasteiger partial charge is 0.507 e. The normalized spacial score (nSPS) is 13.9.